The summed E-state index contributed by atoms with van der Waals surface area (Å²) in [5.41, 5.74) is 2.58. The Bertz CT molecular complexity index is 943. The molecule has 0 spiro atoms. The molecular weight excluding hydrogens is 374 g/mol. The third-order valence-electron chi connectivity index (χ3n) is 3.42. The van der Waals surface area contributed by atoms with Gasteiger partial charge in [-0.25, -0.2) is 18.6 Å². The number of benzene rings is 2. The zero-order chi connectivity index (χ0) is 19.9. The van der Waals surface area contributed by atoms with Crippen molar-refractivity contribution in [3.8, 4) is 17.2 Å². The fourth-order valence-corrected chi connectivity index (χ4v) is 3.03. The van der Waals surface area contributed by atoms with Crippen molar-refractivity contribution >= 4 is 22.1 Å². The van der Waals surface area contributed by atoms with Crippen molar-refractivity contribution in [3.05, 3.63) is 48.0 Å². The van der Waals surface area contributed by atoms with Crippen molar-refractivity contribution < 1.29 is 27.8 Å². The minimum absolute atomic E-state index is 0.00431. The highest BCUT2D eigenvalue weighted by molar-refractivity contribution is 7.89. The number of hydrazone groups is 1. The predicted octanol–water partition coefficient (Wildman–Crippen LogP) is 0.838. The second kappa shape index (κ2) is 9.01. The van der Waals surface area contributed by atoms with Crippen LogP contribution in [0.1, 0.15) is 5.56 Å². The van der Waals surface area contributed by atoms with Crippen LogP contribution >= 0.6 is 0 Å². The average molecular weight is 393 g/mol. The molecule has 9 nitrogen and oxygen atoms in total. The first kappa shape index (κ1) is 20.2. The van der Waals surface area contributed by atoms with Gasteiger partial charge in [-0.1, -0.05) is 12.1 Å². The van der Waals surface area contributed by atoms with Gasteiger partial charge in [-0.3, -0.25) is 4.79 Å². The molecule has 0 aliphatic heterocycles. The van der Waals surface area contributed by atoms with Crippen LogP contribution in [0.3, 0.4) is 0 Å². The van der Waals surface area contributed by atoms with Gasteiger partial charge in [-0.15, -0.1) is 0 Å². The number of rotatable bonds is 8. The van der Waals surface area contributed by atoms with Crippen LogP contribution in [0.5, 0.6) is 17.2 Å². The quantitative estimate of drug-likeness (QED) is 0.451. The van der Waals surface area contributed by atoms with Crippen molar-refractivity contribution in [2.45, 2.75) is 4.90 Å². The maximum Gasteiger partial charge on any atom is 0.255 e. The SMILES string of the molecule is COc1ccc(S(=O)(=O)NCC(=O)N/N=C\c2ccccc2O)cc1OC. The minimum Gasteiger partial charge on any atom is -0.507 e. The lowest BCUT2D eigenvalue weighted by atomic mass is 10.2. The van der Waals surface area contributed by atoms with Gasteiger partial charge in [0.25, 0.3) is 5.91 Å². The lowest BCUT2D eigenvalue weighted by Crippen LogP contribution is -2.34. The number of phenolic OH excluding ortho intramolecular Hbond substituents is 1. The number of nitrogens with zero attached hydrogens (tertiary/aromatic N) is 1. The first-order valence-electron chi connectivity index (χ1n) is 7.69. The van der Waals surface area contributed by atoms with E-state index >= 15 is 0 Å². The lowest BCUT2D eigenvalue weighted by molar-refractivity contribution is -0.119. The van der Waals surface area contributed by atoms with E-state index < -0.39 is 22.5 Å². The molecule has 0 aliphatic rings. The van der Waals surface area contributed by atoms with Gasteiger partial charge in [-0.05, 0) is 24.3 Å². The second-order valence-electron chi connectivity index (χ2n) is 5.19. The van der Waals surface area contributed by atoms with Gasteiger partial charge in [-0.2, -0.15) is 5.10 Å². The third kappa shape index (κ3) is 5.43. The Labute approximate surface area is 156 Å². The van der Waals surface area contributed by atoms with Crippen LogP contribution in [0.25, 0.3) is 0 Å². The van der Waals surface area contributed by atoms with E-state index in [9.17, 15) is 18.3 Å². The number of para-hydroxylation sites is 1. The zero-order valence-corrected chi connectivity index (χ0v) is 15.5. The van der Waals surface area contributed by atoms with Crippen LogP contribution in [-0.2, 0) is 14.8 Å². The topological polar surface area (TPSA) is 126 Å². The number of nitrogens with one attached hydrogen (secondary N) is 2. The van der Waals surface area contributed by atoms with Gasteiger partial charge in [0.15, 0.2) is 11.5 Å². The van der Waals surface area contributed by atoms with E-state index in [1.54, 1.807) is 18.2 Å². The van der Waals surface area contributed by atoms with E-state index in [-0.39, 0.29) is 16.4 Å². The summed E-state index contributed by atoms with van der Waals surface area (Å²) in [6.45, 7) is -0.519. The van der Waals surface area contributed by atoms with Crippen LogP contribution in [0, 0.1) is 0 Å². The Morgan fingerprint density at radius 1 is 1.15 bits per heavy atom. The van der Waals surface area contributed by atoms with Crippen LogP contribution < -0.4 is 19.6 Å². The molecule has 0 heterocycles. The summed E-state index contributed by atoms with van der Waals surface area (Å²) in [6, 6.07) is 10.5. The molecule has 0 saturated heterocycles. The number of phenols is 1. The number of amides is 1. The Morgan fingerprint density at radius 3 is 2.52 bits per heavy atom. The molecule has 10 heteroatoms. The summed E-state index contributed by atoms with van der Waals surface area (Å²) in [7, 11) is -1.11. The maximum absolute atomic E-state index is 12.3. The molecule has 0 fully saturated rings. The van der Waals surface area contributed by atoms with Crippen molar-refractivity contribution in [1.29, 1.82) is 0 Å². The molecule has 0 aromatic heterocycles. The van der Waals surface area contributed by atoms with E-state index in [0.29, 0.717) is 11.3 Å². The zero-order valence-electron chi connectivity index (χ0n) is 14.7. The first-order chi connectivity index (χ1) is 12.9. The Morgan fingerprint density at radius 2 is 1.85 bits per heavy atom. The number of carbonyl (C=O) groups is 1. The van der Waals surface area contributed by atoms with Gasteiger partial charge in [0.1, 0.15) is 5.75 Å². The summed E-state index contributed by atoms with van der Waals surface area (Å²) < 4.78 is 36.9. The molecule has 0 saturated carbocycles. The molecular formula is C17H19N3O6S. The van der Waals surface area contributed by atoms with Crippen molar-refractivity contribution in [2.24, 2.45) is 5.10 Å². The minimum atomic E-state index is -3.94. The number of sulfonamides is 1. The van der Waals surface area contributed by atoms with Crippen LogP contribution in [0.4, 0.5) is 0 Å². The average Bonchev–Trinajstić information content (AvgIpc) is 2.67. The maximum atomic E-state index is 12.3. The Balaban J connectivity index is 1.96. The highest BCUT2D eigenvalue weighted by Crippen LogP contribution is 2.29. The van der Waals surface area contributed by atoms with E-state index in [2.05, 4.69) is 15.2 Å². The van der Waals surface area contributed by atoms with Gasteiger partial charge in [0, 0.05) is 11.6 Å². The van der Waals surface area contributed by atoms with Crippen molar-refractivity contribution in [1.82, 2.24) is 10.1 Å². The van der Waals surface area contributed by atoms with Crippen LogP contribution in [0.15, 0.2) is 52.5 Å². The number of methoxy groups -OCH3 is 2. The summed E-state index contributed by atoms with van der Waals surface area (Å²) in [6.07, 6.45) is 1.25. The Kier molecular flexibility index (Phi) is 6.74. The van der Waals surface area contributed by atoms with Gasteiger partial charge in [0.05, 0.1) is 31.9 Å². The lowest BCUT2D eigenvalue weighted by Gasteiger charge is -2.10. The molecule has 2 aromatic carbocycles. The van der Waals surface area contributed by atoms with E-state index in [0.717, 1.165) is 0 Å². The standard InChI is InChI=1S/C17H19N3O6S/c1-25-15-8-7-13(9-16(15)26-2)27(23,24)19-11-17(22)20-18-10-12-5-3-4-6-14(12)21/h3-10,19,21H,11H2,1-2H3,(H,20,22)/b18-10-. The van der Waals surface area contributed by atoms with Gasteiger partial charge >= 0.3 is 0 Å². The first-order valence-corrected chi connectivity index (χ1v) is 9.17. The summed E-state index contributed by atoms with van der Waals surface area (Å²) in [4.78, 5) is 11.7. The largest absolute Gasteiger partial charge is 0.507 e. The number of hydrogen-bond donors (Lipinski definition) is 3. The third-order valence-corrected chi connectivity index (χ3v) is 4.82. The molecule has 2 aromatic rings. The molecule has 0 unspecified atom stereocenters. The summed E-state index contributed by atoms with van der Waals surface area (Å²) >= 11 is 0. The monoisotopic (exact) mass is 393 g/mol. The molecule has 144 valence electrons. The molecule has 0 aliphatic carbocycles. The highest BCUT2D eigenvalue weighted by atomic mass is 32.2. The molecule has 27 heavy (non-hydrogen) atoms. The normalized spacial score (nSPS) is 11.3. The molecule has 0 atom stereocenters. The Hall–Kier alpha value is -3.11. The van der Waals surface area contributed by atoms with E-state index in [1.807, 2.05) is 0 Å². The van der Waals surface area contributed by atoms with E-state index in [1.165, 1.54) is 44.7 Å². The van der Waals surface area contributed by atoms with E-state index in [4.69, 9.17) is 9.47 Å². The van der Waals surface area contributed by atoms with Gasteiger partial charge < -0.3 is 14.6 Å². The number of ether oxygens (including phenoxy) is 2. The van der Waals surface area contributed by atoms with Crippen LogP contribution in [-0.4, -0.2) is 46.4 Å². The predicted molar refractivity (Wildman–Crippen MR) is 98.6 cm³/mol. The molecule has 3 N–H and O–H groups in total. The van der Waals surface area contributed by atoms with Gasteiger partial charge in [0.2, 0.25) is 10.0 Å². The number of hydrogen-bond acceptors (Lipinski definition) is 7. The number of aromatic hydroxyl groups is 1. The van der Waals surface area contributed by atoms with Crippen LogP contribution in [0.2, 0.25) is 0 Å². The summed E-state index contributed by atoms with van der Waals surface area (Å²) in [5.74, 6) is -0.0415. The second-order valence-corrected chi connectivity index (χ2v) is 6.96. The fraction of sp³-hybridized carbons (Fsp3) is 0.176. The van der Waals surface area contributed by atoms with Crippen molar-refractivity contribution in [3.63, 3.8) is 0 Å². The molecule has 2 rings (SSSR count). The molecule has 0 radical (unpaired) electrons. The fourth-order valence-electron chi connectivity index (χ4n) is 2.04. The smallest absolute Gasteiger partial charge is 0.255 e. The molecule has 0 bridgehead atoms. The van der Waals surface area contributed by atoms with Crippen molar-refractivity contribution in [2.75, 3.05) is 20.8 Å². The highest BCUT2D eigenvalue weighted by Gasteiger charge is 2.18. The molecule has 1 amide bonds. The summed E-state index contributed by atoms with van der Waals surface area (Å²) in [5, 5.41) is 13.2. The number of carbonyl (C=O) groups excluding carboxylic acids is 1.